The summed E-state index contributed by atoms with van der Waals surface area (Å²) in [6.07, 6.45) is 3.22. The standard InChI is InChI=1S/C14H18Cl2N2O2S/c1-8(7-21(2)20)17-14(19)18-12-6-4-10-9(12)3-5-11(15)13(10)16/h3,5,8,12H,4,6-7H2,1-2H3,(H2,17,18,19)/t8-,12+,21+/m1/s1. The first-order valence-corrected chi connectivity index (χ1v) is 9.20. The highest BCUT2D eigenvalue weighted by Gasteiger charge is 2.27. The molecule has 0 unspecified atom stereocenters. The SMILES string of the molecule is C[C@H](C[S@](C)=O)NC(=O)N[C@H]1CCc2c1ccc(Cl)c2Cl. The predicted molar refractivity (Wildman–Crippen MR) is 87.6 cm³/mol. The first-order chi connectivity index (χ1) is 9.88. The second-order valence-corrected chi connectivity index (χ2v) is 7.54. The third kappa shape index (κ3) is 4.11. The predicted octanol–water partition coefficient (Wildman–Crippen LogP) is 3.05. The normalized spacial score (nSPS) is 19.7. The van der Waals surface area contributed by atoms with Crippen molar-refractivity contribution < 1.29 is 9.00 Å². The van der Waals surface area contributed by atoms with Crippen LogP contribution in [0.1, 0.15) is 30.5 Å². The largest absolute Gasteiger partial charge is 0.335 e. The average Bonchev–Trinajstić information content (AvgIpc) is 2.76. The molecule has 4 nitrogen and oxygen atoms in total. The van der Waals surface area contributed by atoms with Gasteiger partial charge in [0.25, 0.3) is 0 Å². The van der Waals surface area contributed by atoms with E-state index < -0.39 is 10.8 Å². The number of amides is 2. The van der Waals surface area contributed by atoms with Gasteiger partial charge in [0.1, 0.15) is 0 Å². The molecule has 2 rings (SSSR count). The maximum atomic E-state index is 12.0. The summed E-state index contributed by atoms with van der Waals surface area (Å²) in [5.41, 5.74) is 2.03. The maximum Gasteiger partial charge on any atom is 0.315 e. The van der Waals surface area contributed by atoms with E-state index in [2.05, 4.69) is 10.6 Å². The Morgan fingerprint density at radius 3 is 2.86 bits per heavy atom. The minimum atomic E-state index is -0.933. The highest BCUT2D eigenvalue weighted by atomic mass is 35.5. The first kappa shape index (κ1) is 16.6. The van der Waals surface area contributed by atoms with Crippen LogP contribution in [0.3, 0.4) is 0 Å². The molecular weight excluding hydrogens is 331 g/mol. The van der Waals surface area contributed by atoms with E-state index in [1.165, 1.54) is 0 Å². The third-order valence-corrected chi connectivity index (χ3v) is 5.27. The van der Waals surface area contributed by atoms with Crippen LogP contribution in [0.15, 0.2) is 12.1 Å². The second kappa shape index (κ2) is 6.99. The summed E-state index contributed by atoms with van der Waals surface area (Å²) in [5, 5.41) is 6.85. The van der Waals surface area contributed by atoms with Crippen molar-refractivity contribution in [3.8, 4) is 0 Å². The zero-order valence-electron chi connectivity index (χ0n) is 11.9. The number of benzene rings is 1. The number of rotatable bonds is 4. The molecule has 0 aliphatic heterocycles. The summed E-state index contributed by atoms with van der Waals surface area (Å²) >= 11 is 12.2. The number of hydrogen-bond donors (Lipinski definition) is 2. The highest BCUT2D eigenvalue weighted by molar-refractivity contribution is 7.84. The van der Waals surface area contributed by atoms with Gasteiger partial charge in [-0.15, -0.1) is 0 Å². The summed E-state index contributed by atoms with van der Waals surface area (Å²) in [7, 11) is -0.933. The number of carbonyl (C=O) groups excluding carboxylic acids is 1. The van der Waals surface area contributed by atoms with Crippen LogP contribution < -0.4 is 10.6 Å². The van der Waals surface area contributed by atoms with Crippen LogP contribution in [-0.2, 0) is 17.2 Å². The smallest absolute Gasteiger partial charge is 0.315 e. The molecule has 2 N–H and O–H groups in total. The molecule has 3 atom stereocenters. The van der Waals surface area contributed by atoms with Crippen molar-refractivity contribution in [2.24, 2.45) is 0 Å². The molecule has 1 aromatic rings. The van der Waals surface area contributed by atoms with E-state index in [1.807, 2.05) is 13.0 Å². The molecule has 0 aromatic heterocycles. The number of urea groups is 1. The summed E-state index contributed by atoms with van der Waals surface area (Å²) < 4.78 is 11.1. The molecule has 1 aromatic carbocycles. The van der Waals surface area contributed by atoms with Crippen molar-refractivity contribution in [1.29, 1.82) is 0 Å². The fraction of sp³-hybridized carbons (Fsp3) is 0.500. The lowest BCUT2D eigenvalue weighted by Crippen LogP contribution is -2.43. The number of halogens is 2. The second-order valence-electron chi connectivity index (χ2n) is 5.28. The van der Waals surface area contributed by atoms with Crippen molar-refractivity contribution >= 4 is 40.0 Å². The van der Waals surface area contributed by atoms with Gasteiger partial charge in [-0.2, -0.15) is 0 Å². The van der Waals surface area contributed by atoms with Gasteiger partial charge in [-0.3, -0.25) is 4.21 Å². The fourth-order valence-electron chi connectivity index (χ4n) is 2.60. The lowest BCUT2D eigenvalue weighted by atomic mass is 10.1. The van der Waals surface area contributed by atoms with E-state index in [0.29, 0.717) is 15.8 Å². The van der Waals surface area contributed by atoms with Gasteiger partial charge in [-0.05, 0) is 37.0 Å². The molecule has 0 spiro atoms. The lowest BCUT2D eigenvalue weighted by molar-refractivity contribution is 0.235. The molecule has 0 fully saturated rings. The van der Waals surface area contributed by atoms with Crippen LogP contribution in [0, 0.1) is 0 Å². The molecule has 7 heteroatoms. The van der Waals surface area contributed by atoms with Crippen LogP contribution in [0.2, 0.25) is 10.0 Å². The minimum Gasteiger partial charge on any atom is -0.335 e. The molecule has 0 bridgehead atoms. The van der Waals surface area contributed by atoms with Crippen LogP contribution in [0.4, 0.5) is 4.79 Å². The monoisotopic (exact) mass is 348 g/mol. The summed E-state index contributed by atoms with van der Waals surface area (Å²) in [6.45, 7) is 1.83. The van der Waals surface area contributed by atoms with Gasteiger partial charge in [-0.1, -0.05) is 29.3 Å². The molecule has 21 heavy (non-hydrogen) atoms. The van der Waals surface area contributed by atoms with Gasteiger partial charge in [0, 0.05) is 28.9 Å². The Bertz CT molecular complexity index is 580. The zero-order chi connectivity index (χ0) is 15.6. The minimum absolute atomic E-state index is 0.0610. The first-order valence-electron chi connectivity index (χ1n) is 6.72. The summed E-state index contributed by atoms with van der Waals surface area (Å²) in [4.78, 5) is 12.0. The van der Waals surface area contributed by atoms with Crippen molar-refractivity contribution in [1.82, 2.24) is 10.6 Å². The zero-order valence-corrected chi connectivity index (χ0v) is 14.2. The number of nitrogens with one attached hydrogen (secondary N) is 2. The van der Waals surface area contributed by atoms with E-state index in [4.69, 9.17) is 23.2 Å². The molecule has 1 aliphatic rings. The molecule has 0 saturated heterocycles. The molecule has 1 aliphatic carbocycles. The van der Waals surface area contributed by atoms with Crippen LogP contribution in [0.25, 0.3) is 0 Å². The van der Waals surface area contributed by atoms with E-state index in [1.54, 1.807) is 12.3 Å². The molecule has 0 heterocycles. The number of carbonyl (C=O) groups is 1. The quantitative estimate of drug-likeness (QED) is 0.878. The van der Waals surface area contributed by atoms with E-state index >= 15 is 0 Å². The van der Waals surface area contributed by atoms with Gasteiger partial charge in [0.2, 0.25) is 0 Å². The Hall–Kier alpha value is -0.780. The van der Waals surface area contributed by atoms with Crippen molar-refractivity contribution in [3.63, 3.8) is 0 Å². The molecule has 0 saturated carbocycles. The van der Waals surface area contributed by atoms with Crippen LogP contribution in [0.5, 0.6) is 0 Å². The van der Waals surface area contributed by atoms with Crippen LogP contribution >= 0.6 is 23.2 Å². The highest BCUT2D eigenvalue weighted by Crippen LogP contribution is 2.38. The molecular formula is C14H18Cl2N2O2S. The van der Waals surface area contributed by atoms with E-state index in [9.17, 15) is 9.00 Å². The van der Waals surface area contributed by atoms with E-state index in [0.717, 1.165) is 24.0 Å². The Kier molecular flexibility index (Phi) is 5.52. The van der Waals surface area contributed by atoms with Gasteiger partial charge in [0.15, 0.2) is 0 Å². The maximum absolute atomic E-state index is 12.0. The Balaban J connectivity index is 1.99. The average molecular weight is 349 g/mol. The van der Waals surface area contributed by atoms with Gasteiger partial charge >= 0.3 is 6.03 Å². The fourth-order valence-corrected chi connectivity index (χ4v) is 3.83. The molecule has 116 valence electrons. The van der Waals surface area contributed by atoms with Crippen molar-refractivity contribution in [2.45, 2.75) is 31.8 Å². The number of hydrogen-bond acceptors (Lipinski definition) is 2. The van der Waals surface area contributed by atoms with Crippen molar-refractivity contribution in [3.05, 3.63) is 33.3 Å². The topological polar surface area (TPSA) is 58.2 Å². The number of fused-ring (bicyclic) bond motifs is 1. The van der Waals surface area contributed by atoms with Gasteiger partial charge in [-0.25, -0.2) is 4.79 Å². The summed E-state index contributed by atoms with van der Waals surface area (Å²) in [6, 6.07) is 3.21. The van der Waals surface area contributed by atoms with Gasteiger partial charge < -0.3 is 10.6 Å². The third-order valence-electron chi connectivity index (χ3n) is 3.46. The van der Waals surface area contributed by atoms with Gasteiger partial charge in [0.05, 0.1) is 16.1 Å². The Morgan fingerprint density at radius 1 is 1.48 bits per heavy atom. The van der Waals surface area contributed by atoms with Crippen LogP contribution in [-0.4, -0.2) is 28.3 Å². The summed E-state index contributed by atoms with van der Waals surface area (Å²) in [5.74, 6) is 0.441. The Morgan fingerprint density at radius 2 is 2.19 bits per heavy atom. The van der Waals surface area contributed by atoms with Crippen molar-refractivity contribution in [2.75, 3.05) is 12.0 Å². The Labute approximate surface area is 137 Å². The lowest BCUT2D eigenvalue weighted by Gasteiger charge is -2.18. The molecule has 2 amide bonds. The van der Waals surface area contributed by atoms with E-state index in [-0.39, 0.29) is 18.1 Å². The molecule has 0 radical (unpaired) electrons.